The van der Waals surface area contributed by atoms with Crippen LogP contribution in [-0.4, -0.2) is 32.2 Å². The van der Waals surface area contributed by atoms with Crippen LogP contribution in [0, 0.1) is 0 Å². The Hall–Kier alpha value is 0.830. The topological polar surface area (TPSA) is 0 Å². The molecule has 0 rings (SSSR count). The zero-order valence-corrected chi connectivity index (χ0v) is 8.74. The first kappa shape index (κ1) is 22.5. The normalized spacial score (nSPS) is 8.00. The predicted octanol–water partition coefficient (Wildman–Crippen LogP) is -1.44. The summed E-state index contributed by atoms with van der Waals surface area (Å²) in [6, 6.07) is 0. The molecule has 0 atom stereocenters. The molecule has 4 heteroatoms. The Bertz CT molecular complexity index is 42.0. The van der Waals surface area contributed by atoms with Gasteiger partial charge in [0.1, 0.15) is 0 Å². The SMILES string of the molecule is CC[N+](C)(C)C.Cl.Cl.[Cl-]. The molecule has 62 valence electrons. The lowest BCUT2D eigenvalue weighted by molar-refractivity contribution is -0.868. The highest BCUT2D eigenvalue weighted by Gasteiger charge is 1.97. The van der Waals surface area contributed by atoms with E-state index < -0.39 is 0 Å². The van der Waals surface area contributed by atoms with E-state index in [2.05, 4.69) is 28.1 Å². The summed E-state index contributed by atoms with van der Waals surface area (Å²) in [5.41, 5.74) is 0. The molecule has 0 saturated heterocycles. The largest absolute Gasteiger partial charge is 1.00 e. The molecule has 0 aromatic carbocycles. The van der Waals surface area contributed by atoms with Crippen LogP contribution in [0.1, 0.15) is 6.92 Å². The van der Waals surface area contributed by atoms with E-state index in [4.69, 9.17) is 0 Å². The zero-order valence-electron chi connectivity index (χ0n) is 6.35. The molecule has 1 nitrogen and oxygen atoms in total. The second-order valence-electron chi connectivity index (χ2n) is 2.61. The van der Waals surface area contributed by atoms with Crippen molar-refractivity contribution in [3.63, 3.8) is 0 Å². The van der Waals surface area contributed by atoms with Gasteiger partial charge in [-0.15, -0.1) is 24.8 Å². The van der Waals surface area contributed by atoms with E-state index in [1.807, 2.05) is 0 Å². The van der Waals surface area contributed by atoms with Crippen molar-refractivity contribution in [1.29, 1.82) is 0 Å². The highest BCUT2D eigenvalue weighted by Crippen LogP contribution is 1.83. The quantitative estimate of drug-likeness (QED) is 0.451. The molecule has 0 aliphatic rings. The molecule has 0 fully saturated rings. The Morgan fingerprint density at radius 2 is 1.11 bits per heavy atom. The summed E-state index contributed by atoms with van der Waals surface area (Å²) >= 11 is 0. The van der Waals surface area contributed by atoms with Crippen molar-refractivity contribution in [3.05, 3.63) is 0 Å². The third kappa shape index (κ3) is 28.1. The summed E-state index contributed by atoms with van der Waals surface area (Å²) in [6.07, 6.45) is 0. The maximum Gasteiger partial charge on any atom is 0.0751 e. The van der Waals surface area contributed by atoms with Gasteiger partial charge in [0.15, 0.2) is 0 Å². The summed E-state index contributed by atoms with van der Waals surface area (Å²) < 4.78 is 1.07. The van der Waals surface area contributed by atoms with Crippen molar-refractivity contribution in [2.45, 2.75) is 6.92 Å². The Kier molecular flexibility index (Phi) is 22.1. The molecule has 0 aromatic heterocycles. The summed E-state index contributed by atoms with van der Waals surface area (Å²) in [6.45, 7) is 3.39. The molecule has 0 bridgehead atoms. The number of halogens is 3. The van der Waals surface area contributed by atoms with Gasteiger partial charge in [-0.1, -0.05) is 0 Å². The molecule has 9 heavy (non-hydrogen) atoms. The van der Waals surface area contributed by atoms with E-state index >= 15 is 0 Å². The van der Waals surface area contributed by atoms with Gasteiger partial charge in [-0.3, -0.25) is 0 Å². The van der Waals surface area contributed by atoms with Crippen molar-refractivity contribution < 1.29 is 16.9 Å². The summed E-state index contributed by atoms with van der Waals surface area (Å²) in [5, 5.41) is 0. The first-order chi connectivity index (χ1) is 2.56. The molecule has 0 spiro atoms. The van der Waals surface area contributed by atoms with Crippen molar-refractivity contribution in [1.82, 2.24) is 0 Å². The number of quaternary nitrogens is 1. The van der Waals surface area contributed by atoms with E-state index in [-0.39, 0.29) is 37.2 Å². The second kappa shape index (κ2) is 8.83. The van der Waals surface area contributed by atoms with Gasteiger partial charge < -0.3 is 16.9 Å². The highest BCUT2D eigenvalue weighted by molar-refractivity contribution is 5.85. The third-order valence-corrected chi connectivity index (χ3v) is 0.949. The minimum absolute atomic E-state index is 0. The Balaban J connectivity index is -0.0000000417. The van der Waals surface area contributed by atoms with Crippen LogP contribution in [0.5, 0.6) is 0 Å². The van der Waals surface area contributed by atoms with Crippen LogP contribution in [0.2, 0.25) is 0 Å². The Labute approximate surface area is 76.6 Å². The molecule has 0 heterocycles. The average Bonchev–Trinajstić information content (AvgIpc) is 1.35. The first-order valence-electron chi connectivity index (χ1n) is 2.36. The number of rotatable bonds is 1. The van der Waals surface area contributed by atoms with Crippen molar-refractivity contribution in [3.8, 4) is 0 Å². The van der Waals surface area contributed by atoms with Crippen LogP contribution < -0.4 is 12.4 Å². The molecule has 0 saturated carbocycles. The summed E-state index contributed by atoms with van der Waals surface area (Å²) in [5.74, 6) is 0. The van der Waals surface area contributed by atoms with Gasteiger partial charge in [0, 0.05) is 0 Å². The molecule has 0 radical (unpaired) electrons. The Morgan fingerprint density at radius 3 is 1.11 bits per heavy atom. The van der Waals surface area contributed by atoms with Crippen LogP contribution in [-0.2, 0) is 0 Å². The standard InChI is InChI=1S/C5H14N.3ClH/c1-5-6(2,3)4;;;/h5H2,1-4H3;3*1H/q+1;;;/p-1. The fourth-order valence-corrected chi connectivity index (χ4v) is 0. The maximum absolute atomic E-state index is 2.18. The lowest BCUT2D eigenvalue weighted by Gasteiger charge is -2.20. The molecule has 0 aliphatic heterocycles. The second-order valence-corrected chi connectivity index (χ2v) is 2.61. The molecule has 0 N–H and O–H groups in total. The number of hydrogen-bond donors (Lipinski definition) is 0. The lowest BCUT2D eigenvalue weighted by atomic mass is 10.6. The van der Waals surface area contributed by atoms with E-state index in [0.29, 0.717) is 0 Å². The molecular formula is C5H16Cl3N. The third-order valence-electron chi connectivity index (χ3n) is 0.949. The smallest absolute Gasteiger partial charge is 0.0751 e. The van der Waals surface area contributed by atoms with Gasteiger partial charge in [-0.05, 0) is 6.92 Å². The lowest BCUT2D eigenvalue weighted by Crippen LogP contribution is -3.00. The monoisotopic (exact) mass is 195 g/mol. The molecular weight excluding hydrogens is 180 g/mol. The predicted molar refractivity (Wildman–Crippen MR) is 43.1 cm³/mol. The molecule has 0 aliphatic carbocycles. The van der Waals surface area contributed by atoms with Crippen LogP contribution in [0.4, 0.5) is 0 Å². The van der Waals surface area contributed by atoms with E-state index in [1.165, 1.54) is 6.54 Å². The van der Waals surface area contributed by atoms with E-state index in [1.54, 1.807) is 0 Å². The van der Waals surface area contributed by atoms with Crippen LogP contribution in [0.25, 0.3) is 0 Å². The maximum atomic E-state index is 2.18. The van der Waals surface area contributed by atoms with Gasteiger partial charge in [-0.25, -0.2) is 0 Å². The summed E-state index contributed by atoms with van der Waals surface area (Å²) in [7, 11) is 6.54. The van der Waals surface area contributed by atoms with Gasteiger partial charge in [-0.2, -0.15) is 0 Å². The van der Waals surface area contributed by atoms with Gasteiger partial charge in [0.05, 0.1) is 27.7 Å². The molecule has 0 aromatic rings. The number of nitrogens with zero attached hydrogens (tertiary/aromatic N) is 1. The van der Waals surface area contributed by atoms with Crippen molar-refractivity contribution in [2.75, 3.05) is 27.7 Å². The van der Waals surface area contributed by atoms with Gasteiger partial charge in [0.25, 0.3) is 0 Å². The number of hydrogen-bond acceptors (Lipinski definition) is 0. The van der Waals surface area contributed by atoms with E-state index in [9.17, 15) is 0 Å². The highest BCUT2D eigenvalue weighted by atomic mass is 35.5. The zero-order chi connectivity index (χ0) is 5.21. The van der Waals surface area contributed by atoms with Crippen molar-refractivity contribution in [2.24, 2.45) is 0 Å². The van der Waals surface area contributed by atoms with Gasteiger partial charge >= 0.3 is 0 Å². The van der Waals surface area contributed by atoms with E-state index in [0.717, 1.165) is 4.48 Å². The summed E-state index contributed by atoms with van der Waals surface area (Å²) in [4.78, 5) is 0. The van der Waals surface area contributed by atoms with Crippen LogP contribution in [0.15, 0.2) is 0 Å². The van der Waals surface area contributed by atoms with Crippen molar-refractivity contribution >= 4 is 24.8 Å². The van der Waals surface area contributed by atoms with Crippen LogP contribution >= 0.6 is 24.8 Å². The molecule has 0 amide bonds. The first-order valence-corrected chi connectivity index (χ1v) is 2.36. The average molecular weight is 197 g/mol. The Morgan fingerprint density at radius 1 is 1.00 bits per heavy atom. The minimum Gasteiger partial charge on any atom is -1.00 e. The fourth-order valence-electron chi connectivity index (χ4n) is 0. The fraction of sp³-hybridized carbons (Fsp3) is 1.00. The van der Waals surface area contributed by atoms with Gasteiger partial charge in [0.2, 0.25) is 0 Å². The minimum atomic E-state index is 0. The molecule has 0 unspecified atom stereocenters. The van der Waals surface area contributed by atoms with Crippen LogP contribution in [0.3, 0.4) is 0 Å².